The Labute approximate surface area is 308 Å². The lowest BCUT2D eigenvalue weighted by molar-refractivity contribution is -0.142. The molecule has 3 aromatic rings. The van der Waals surface area contributed by atoms with Crippen molar-refractivity contribution in [3.05, 3.63) is 58.7 Å². The summed E-state index contributed by atoms with van der Waals surface area (Å²) in [6, 6.07) is 11.8. The molecule has 2 aromatic carbocycles. The smallest absolute Gasteiger partial charge is 0.410 e. The van der Waals surface area contributed by atoms with Crippen LogP contribution in [0.25, 0.3) is 10.9 Å². The zero-order valence-corrected chi connectivity index (χ0v) is 30.4. The van der Waals surface area contributed by atoms with Crippen LogP contribution < -0.4 is 5.32 Å². The normalized spacial score (nSPS) is 20.3. The zero-order valence-electron chi connectivity index (χ0n) is 29.6. The number of carbonyl (C=O) groups is 4. The van der Waals surface area contributed by atoms with E-state index < -0.39 is 12.2 Å². The Bertz CT molecular complexity index is 1760. The number of benzene rings is 2. The molecule has 0 saturated carbocycles. The van der Waals surface area contributed by atoms with Crippen LogP contribution in [-0.2, 0) is 31.9 Å². The van der Waals surface area contributed by atoms with E-state index >= 15 is 0 Å². The second-order valence-electron chi connectivity index (χ2n) is 14.2. The quantitative estimate of drug-likeness (QED) is 0.332. The van der Waals surface area contributed by atoms with Crippen molar-refractivity contribution in [1.29, 1.82) is 0 Å². The van der Waals surface area contributed by atoms with Gasteiger partial charge in [-0.2, -0.15) is 5.10 Å². The van der Waals surface area contributed by atoms with Crippen molar-refractivity contribution < 1.29 is 28.7 Å². The Balaban J connectivity index is 0.970. The van der Waals surface area contributed by atoms with Gasteiger partial charge in [0.05, 0.1) is 30.4 Å². The summed E-state index contributed by atoms with van der Waals surface area (Å²) in [5, 5.41) is 11.3. The number of hydrogen-bond acceptors (Lipinski definition) is 9. The van der Waals surface area contributed by atoms with E-state index in [1.54, 1.807) is 17.2 Å². The Morgan fingerprint density at radius 2 is 1.63 bits per heavy atom. The lowest BCUT2D eigenvalue weighted by atomic mass is 10.00. The van der Waals surface area contributed by atoms with Crippen LogP contribution in [0, 0.1) is 0 Å². The van der Waals surface area contributed by atoms with Crippen molar-refractivity contribution in [2.24, 2.45) is 0 Å². The van der Waals surface area contributed by atoms with Gasteiger partial charge in [-0.15, -0.1) is 0 Å². The number of fused-ring (bicyclic) bond motifs is 2. The molecule has 7 rings (SSSR count). The molecule has 3 fully saturated rings. The number of ether oxygens (including phenoxy) is 2. The molecule has 0 unspecified atom stereocenters. The molecule has 4 amide bonds. The van der Waals surface area contributed by atoms with Gasteiger partial charge in [0.2, 0.25) is 0 Å². The molecule has 0 radical (unpaired) electrons. The van der Waals surface area contributed by atoms with Gasteiger partial charge in [0, 0.05) is 88.5 Å². The van der Waals surface area contributed by atoms with Gasteiger partial charge in [0.15, 0.2) is 6.10 Å². The first-order chi connectivity index (χ1) is 25.2. The lowest BCUT2D eigenvalue weighted by Crippen LogP contribution is -2.55. The molecule has 15 heteroatoms. The van der Waals surface area contributed by atoms with Crippen molar-refractivity contribution in [3.63, 3.8) is 0 Å². The minimum Gasteiger partial charge on any atom is -0.468 e. The van der Waals surface area contributed by atoms with Crippen molar-refractivity contribution in [2.45, 2.75) is 56.7 Å². The summed E-state index contributed by atoms with van der Waals surface area (Å²) in [5.41, 5.74) is 3.45. The van der Waals surface area contributed by atoms with E-state index in [9.17, 15) is 19.2 Å². The van der Waals surface area contributed by atoms with E-state index in [0.717, 1.165) is 67.6 Å². The number of halogens is 1. The highest BCUT2D eigenvalue weighted by Gasteiger charge is 2.37. The monoisotopic (exact) mass is 734 g/mol. The number of carbonyl (C=O) groups excluding carboxylic acids is 4. The average molecular weight is 735 g/mol. The first-order valence-corrected chi connectivity index (χ1v) is 18.7. The number of para-hydroxylation sites is 1. The number of anilines is 1. The van der Waals surface area contributed by atoms with Crippen LogP contribution in [0.2, 0.25) is 5.02 Å². The Kier molecular flexibility index (Phi) is 11.1. The number of piperazine rings is 1. The molecule has 14 nitrogen and oxygen atoms in total. The standard InChI is InChI=1S/C37H47ClN8O6/c1-51-33(47)24-42-16-18-43(19-17-42)28-7-11-44(12-8-28)35(48)32(22-25-20-27-23-39-41-34(27)30(38)21-25)52-37(50)45-13-9-29(10-14-45)46-15-6-26-4-2-3-5-31(26)40-36(46)49/h2-5,20-21,23,28-29,32H,6-19,22,24H2,1H3,(H,39,41)(H,40,49)/t32-/m1/s1. The van der Waals surface area contributed by atoms with Gasteiger partial charge in [-0.3, -0.25) is 24.5 Å². The molecule has 0 spiro atoms. The Morgan fingerprint density at radius 1 is 0.923 bits per heavy atom. The third-order valence-electron chi connectivity index (χ3n) is 11.1. The number of hydrogen-bond donors (Lipinski definition) is 2. The highest BCUT2D eigenvalue weighted by atomic mass is 35.5. The summed E-state index contributed by atoms with van der Waals surface area (Å²) in [6.45, 7) is 6.21. The van der Waals surface area contributed by atoms with Crippen molar-refractivity contribution >= 4 is 52.2 Å². The predicted molar refractivity (Wildman–Crippen MR) is 195 cm³/mol. The van der Waals surface area contributed by atoms with E-state index in [4.69, 9.17) is 21.1 Å². The van der Waals surface area contributed by atoms with Crippen molar-refractivity contribution in [3.8, 4) is 0 Å². The van der Waals surface area contributed by atoms with Gasteiger partial charge in [0.1, 0.15) is 0 Å². The number of esters is 1. The molecule has 52 heavy (non-hydrogen) atoms. The van der Waals surface area contributed by atoms with Crippen LogP contribution in [0.15, 0.2) is 42.6 Å². The van der Waals surface area contributed by atoms with Crippen LogP contribution in [0.1, 0.15) is 36.8 Å². The van der Waals surface area contributed by atoms with Crippen LogP contribution >= 0.6 is 11.6 Å². The maximum Gasteiger partial charge on any atom is 0.410 e. The van der Waals surface area contributed by atoms with Gasteiger partial charge in [-0.25, -0.2) is 9.59 Å². The molecule has 3 saturated heterocycles. The van der Waals surface area contributed by atoms with Crippen LogP contribution in [-0.4, -0.2) is 149 Å². The molecule has 1 atom stereocenters. The predicted octanol–water partition coefficient (Wildman–Crippen LogP) is 3.60. The maximum absolute atomic E-state index is 14.2. The van der Waals surface area contributed by atoms with Crippen molar-refractivity contribution in [2.75, 3.05) is 77.9 Å². The summed E-state index contributed by atoms with van der Waals surface area (Å²) >= 11 is 6.55. The second-order valence-corrected chi connectivity index (χ2v) is 14.6. The van der Waals surface area contributed by atoms with Crippen LogP contribution in [0.3, 0.4) is 0 Å². The second kappa shape index (κ2) is 16.1. The number of rotatable bonds is 8. The summed E-state index contributed by atoms with van der Waals surface area (Å²) in [5.74, 6) is -0.436. The number of urea groups is 1. The molecule has 0 bridgehead atoms. The molecule has 4 aliphatic heterocycles. The Hall–Kier alpha value is -4.40. The third-order valence-corrected chi connectivity index (χ3v) is 11.4. The highest BCUT2D eigenvalue weighted by molar-refractivity contribution is 6.35. The van der Waals surface area contributed by atoms with E-state index in [0.29, 0.717) is 68.7 Å². The molecule has 4 aliphatic rings. The number of amides is 4. The number of H-pyrrole nitrogens is 1. The summed E-state index contributed by atoms with van der Waals surface area (Å²) in [7, 11) is 1.41. The molecule has 5 heterocycles. The first-order valence-electron chi connectivity index (χ1n) is 18.3. The largest absolute Gasteiger partial charge is 0.468 e. The van der Waals surface area contributed by atoms with Crippen LogP contribution in [0.4, 0.5) is 15.3 Å². The maximum atomic E-state index is 14.2. The third kappa shape index (κ3) is 8.13. The lowest BCUT2D eigenvalue weighted by Gasteiger charge is -2.43. The zero-order chi connectivity index (χ0) is 36.2. The number of aromatic nitrogens is 2. The number of methoxy groups -OCH3 is 1. The van der Waals surface area contributed by atoms with Gasteiger partial charge >= 0.3 is 18.1 Å². The van der Waals surface area contributed by atoms with E-state index in [1.165, 1.54) is 7.11 Å². The topological polar surface area (TPSA) is 144 Å². The van der Waals surface area contributed by atoms with E-state index in [1.807, 2.05) is 40.1 Å². The molecule has 1 aromatic heterocycles. The molecule has 278 valence electrons. The SMILES string of the molecule is COC(=O)CN1CCN(C2CCN(C(=O)[C@@H](Cc3cc(Cl)c4[nH]ncc4c3)OC(=O)N3CCC(N4CCc5ccccc5NC4=O)CC3)CC2)CC1. The molecule has 2 N–H and O–H groups in total. The molecular formula is C37H47ClN8O6. The fraction of sp³-hybridized carbons (Fsp3) is 0.541. The van der Waals surface area contributed by atoms with Gasteiger partial charge in [0.25, 0.3) is 5.91 Å². The highest BCUT2D eigenvalue weighted by Crippen LogP contribution is 2.28. The van der Waals surface area contributed by atoms with Gasteiger partial charge in [-0.05, 0) is 61.4 Å². The number of nitrogens with one attached hydrogen (secondary N) is 2. The summed E-state index contributed by atoms with van der Waals surface area (Å²) < 4.78 is 10.9. The molecular weight excluding hydrogens is 688 g/mol. The Morgan fingerprint density at radius 3 is 2.38 bits per heavy atom. The van der Waals surface area contributed by atoms with Crippen LogP contribution in [0.5, 0.6) is 0 Å². The first kappa shape index (κ1) is 36.0. The number of nitrogens with zero attached hydrogens (tertiary/aromatic N) is 6. The van der Waals surface area contributed by atoms with E-state index in [-0.39, 0.29) is 30.4 Å². The summed E-state index contributed by atoms with van der Waals surface area (Å²) in [4.78, 5) is 62.6. The molecule has 0 aliphatic carbocycles. The minimum absolute atomic E-state index is 0.00302. The average Bonchev–Trinajstić information content (AvgIpc) is 3.58. The van der Waals surface area contributed by atoms with E-state index in [2.05, 4.69) is 25.3 Å². The van der Waals surface area contributed by atoms with Gasteiger partial charge < -0.3 is 29.5 Å². The fourth-order valence-electron chi connectivity index (χ4n) is 8.07. The van der Waals surface area contributed by atoms with Gasteiger partial charge in [-0.1, -0.05) is 29.8 Å². The number of aromatic amines is 1. The number of piperidine rings is 2. The minimum atomic E-state index is -1.03. The number of likely N-dealkylation sites (tertiary alicyclic amines) is 2. The summed E-state index contributed by atoms with van der Waals surface area (Å²) in [6.07, 6.45) is 3.94. The van der Waals surface area contributed by atoms with Crippen molar-refractivity contribution in [1.82, 2.24) is 34.7 Å². The fourth-order valence-corrected chi connectivity index (χ4v) is 8.36.